The lowest BCUT2D eigenvalue weighted by Gasteiger charge is -2.52. The van der Waals surface area contributed by atoms with Crippen LogP contribution in [0.15, 0.2) is 81.6 Å². The van der Waals surface area contributed by atoms with Crippen molar-refractivity contribution in [2.24, 2.45) is 10.8 Å². The van der Waals surface area contributed by atoms with Crippen LogP contribution in [0.1, 0.15) is 103 Å². The van der Waals surface area contributed by atoms with Crippen LogP contribution < -0.4 is 9.47 Å². The van der Waals surface area contributed by atoms with Gasteiger partial charge in [-0.3, -0.25) is 9.59 Å². The molecule has 0 amide bonds. The molecule has 47 heavy (non-hydrogen) atoms. The highest BCUT2D eigenvalue weighted by molar-refractivity contribution is 9.10. The van der Waals surface area contributed by atoms with Gasteiger partial charge in [0.2, 0.25) is 0 Å². The zero-order chi connectivity index (χ0) is 33.1. The maximum atomic E-state index is 14.4. The standard InChI is InChI=1S/C41H46BrNO4/c1-40(2)20-31-37(33(44)22-40)36(38-32(21-41(3,4)23-34(38)45)43(31)28-15-7-6-8-16-28)27-18-30(42)39(35(19-27)46-5)47-24-26-14-11-13-25-12-9-10-17-29(25)26/h9-14,17-19,28,36H,6-8,15-16,20-24H2,1-5H3. The Bertz CT molecular complexity index is 1770. The van der Waals surface area contributed by atoms with Crippen LogP contribution in [0, 0.1) is 10.8 Å². The number of rotatable bonds is 6. The third kappa shape index (κ3) is 5.96. The molecule has 0 spiro atoms. The van der Waals surface area contributed by atoms with Gasteiger partial charge in [0.1, 0.15) is 6.61 Å². The first kappa shape index (κ1) is 32.2. The van der Waals surface area contributed by atoms with Gasteiger partial charge in [0.25, 0.3) is 0 Å². The van der Waals surface area contributed by atoms with E-state index in [2.05, 4.69) is 84.9 Å². The summed E-state index contributed by atoms with van der Waals surface area (Å²) in [7, 11) is 1.65. The van der Waals surface area contributed by atoms with Gasteiger partial charge in [-0.25, -0.2) is 0 Å². The number of ether oxygens (including phenoxy) is 2. The fourth-order valence-electron chi connectivity index (χ4n) is 8.72. The summed E-state index contributed by atoms with van der Waals surface area (Å²) in [5.74, 6) is 1.10. The highest BCUT2D eigenvalue weighted by Crippen LogP contribution is 2.56. The third-order valence-corrected chi connectivity index (χ3v) is 11.3. The summed E-state index contributed by atoms with van der Waals surface area (Å²) < 4.78 is 13.2. The normalized spacial score (nSPS) is 21.6. The van der Waals surface area contributed by atoms with Crippen molar-refractivity contribution >= 4 is 38.3 Å². The number of allylic oxidation sites excluding steroid dienone is 4. The first-order valence-electron chi connectivity index (χ1n) is 17.2. The van der Waals surface area contributed by atoms with Crippen LogP contribution in [0.2, 0.25) is 0 Å². The van der Waals surface area contributed by atoms with E-state index in [1.165, 1.54) is 24.6 Å². The SMILES string of the molecule is COc1cc(C2C3=C(CC(C)(C)CC3=O)N(C3CCCCC3)C3=C2C(=O)CC(C)(C)C3)cc(Br)c1OCc1cccc2ccccc12. The highest BCUT2D eigenvalue weighted by atomic mass is 79.9. The molecule has 1 saturated carbocycles. The van der Waals surface area contributed by atoms with Crippen molar-refractivity contribution < 1.29 is 19.1 Å². The summed E-state index contributed by atoms with van der Waals surface area (Å²) in [6.07, 6.45) is 8.45. The van der Waals surface area contributed by atoms with E-state index in [4.69, 9.17) is 9.47 Å². The molecule has 0 bridgehead atoms. The molecule has 1 fully saturated rings. The van der Waals surface area contributed by atoms with Gasteiger partial charge >= 0.3 is 0 Å². The summed E-state index contributed by atoms with van der Waals surface area (Å²) in [6, 6.07) is 18.9. The van der Waals surface area contributed by atoms with Crippen molar-refractivity contribution in [1.82, 2.24) is 4.90 Å². The monoisotopic (exact) mass is 695 g/mol. The number of nitrogens with zero attached hydrogens (tertiary/aromatic N) is 1. The third-order valence-electron chi connectivity index (χ3n) is 10.7. The van der Waals surface area contributed by atoms with Crippen LogP contribution in [0.25, 0.3) is 10.8 Å². The minimum atomic E-state index is -0.427. The van der Waals surface area contributed by atoms with E-state index >= 15 is 0 Å². The molecule has 3 aromatic carbocycles. The Morgan fingerprint density at radius 2 is 1.43 bits per heavy atom. The molecule has 0 saturated heterocycles. The molecular weight excluding hydrogens is 650 g/mol. The Hall–Kier alpha value is -3.38. The van der Waals surface area contributed by atoms with Crippen molar-refractivity contribution in [3.05, 3.63) is 92.7 Å². The Kier molecular flexibility index (Phi) is 8.39. The Morgan fingerprint density at radius 3 is 2.06 bits per heavy atom. The molecule has 7 rings (SSSR count). The zero-order valence-electron chi connectivity index (χ0n) is 28.4. The molecule has 0 aromatic heterocycles. The Balaban J connectivity index is 1.35. The maximum Gasteiger partial charge on any atom is 0.175 e. The smallest absolute Gasteiger partial charge is 0.175 e. The van der Waals surface area contributed by atoms with E-state index in [1.54, 1.807) is 7.11 Å². The summed E-state index contributed by atoms with van der Waals surface area (Å²) in [4.78, 5) is 31.2. The topological polar surface area (TPSA) is 55.8 Å². The predicted molar refractivity (Wildman–Crippen MR) is 191 cm³/mol. The number of ketones is 2. The van der Waals surface area contributed by atoms with Gasteiger partial charge in [-0.15, -0.1) is 0 Å². The van der Waals surface area contributed by atoms with E-state index in [9.17, 15) is 9.59 Å². The minimum absolute atomic E-state index is 0.142. The van der Waals surface area contributed by atoms with Crippen molar-refractivity contribution in [3.63, 3.8) is 0 Å². The second kappa shape index (κ2) is 12.3. The molecule has 3 aromatic rings. The zero-order valence-corrected chi connectivity index (χ0v) is 30.0. The highest BCUT2D eigenvalue weighted by Gasteiger charge is 2.50. The number of carbonyl (C=O) groups excluding carboxylic acids is 2. The fourth-order valence-corrected chi connectivity index (χ4v) is 9.30. The number of hydrogen-bond donors (Lipinski definition) is 0. The quantitative estimate of drug-likeness (QED) is 0.257. The largest absolute Gasteiger partial charge is 0.493 e. The molecule has 3 aliphatic carbocycles. The summed E-state index contributed by atoms with van der Waals surface area (Å²) in [5, 5.41) is 2.33. The number of halogens is 1. The number of methoxy groups -OCH3 is 1. The van der Waals surface area contributed by atoms with Gasteiger partial charge in [-0.1, -0.05) is 89.4 Å². The maximum absolute atomic E-state index is 14.4. The number of carbonyl (C=O) groups is 2. The summed E-state index contributed by atoms with van der Waals surface area (Å²) in [6.45, 7) is 9.23. The fraction of sp³-hybridized carbons (Fsp3) is 0.463. The average Bonchev–Trinajstić information content (AvgIpc) is 3.02. The Morgan fingerprint density at radius 1 is 0.809 bits per heavy atom. The van der Waals surface area contributed by atoms with Gasteiger partial charge < -0.3 is 14.4 Å². The van der Waals surface area contributed by atoms with E-state index in [1.807, 2.05) is 18.2 Å². The lowest BCUT2D eigenvalue weighted by molar-refractivity contribution is -0.119. The molecule has 1 aliphatic heterocycles. The second-order valence-electron chi connectivity index (χ2n) is 15.7. The van der Waals surface area contributed by atoms with Gasteiger partial charge in [0, 0.05) is 47.3 Å². The van der Waals surface area contributed by atoms with Crippen molar-refractivity contribution in [1.29, 1.82) is 0 Å². The molecule has 0 N–H and O–H groups in total. The lowest BCUT2D eigenvalue weighted by Crippen LogP contribution is -2.48. The number of Topliss-reactive ketones (excluding diaryl/α,β-unsaturated/α-hetero) is 2. The molecule has 0 unspecified atom stereocenters. The number of hydrogen-bond acceptors (Lipinski definition) is 5. The molecule has 4 aliphatic rings. The van der Waals surface area contributed by atoms with E-state index in [0.29, 0.717) is 37.0 Å². The van der Waals surface area contributed by atoms with E-state index in [-0.39, 0.29) is 22.4 Å². The van der Waals surface area contributed by atoms with Gasteiger partial charge in [0.05, 0.1) is 11.6 Å². The van der Waals surface area contributed by atoms with Gasteiger partial charge in [-0.05, 0) is 86.5 Å². The number of fused-ring (bicyclic) bond motifs is 1. The van der Waals surface area contributed by atoms with Crippen LogP contribution in [-0.4, -0.2) is 29.6 Å². The Labute approximate surface area is 287 Å². The van der Waals surface area contributed by atoms with Crippen LogP contribution in [0.5, 0.6) is 11.5 Å². The van der Waals surface area contributed by atoms with Crippen LogP contribution in [0.4, 0.5) is 0 Å². The first-order valence-corrected chi connectivity index (χ1v) is 18.0. The predicted octanol–water partition coefficient (Wildman–Crippen LogP) is 10.2. The van der Waals surface area contributed by atoms with Crippen LogP contribution >= 0.6 is 15.9 Å². The average molecular weight is 697 g/mol. The molecule has 5 nitrogen and oxygen atoms in total. The van der Waals surface area contributed by atoms with Gasteiger partial charge in [-0.2, -0.15) is 0 Å². The van der Waals surface area contributed by atoms with Crippen LogP contribution in [-0.2, 0) is 16.2 Å². The summed E-state index contributed by atoms with van der Waals surface area (Å²) in [5.41, 5.74) is 5.65. The molecule has 0 radical (unpaired) electrons. The molecule has 0 atom stereocenters. The van der Waals surface area contributed by atoms with Crippen molar-refractivity contribution in [2.45, 2.75) is 104 Å². The second-order valence-corrected chi connectivity index (χ2v) is 16.5. The first-order chi connectivity index (χ1) is 22.5. The van der Waals surface area contributed by atoms with Crippen molar-refractivity contribution in [3.8, 4) is 11.5 Å². The minimum Gasteiger partial charge on any atom is -0.493 e. The molecule has 246 valence electrons. The van der Waals surface area contributed by atoms with E-state index in [0.717, 1.165) is 69.2 Å². The molecule has 1 heterocycles. The van der Waals surface area contributed by atoms with Gasteiger partial charge in [0.15, 0.2) is 23.1 Å². The molecular formula is C41H46BrNO4. The lowest BCUT2D eigenvalue weighted by atomic mass is 9.63. The molecule has 6 heteroatoms. The number of benzene rings is 3. The summed E-state index contributed by atoms with van der Waals surface area (Å²) >= 11 is 3.83. The van der Waals surface area contributed by atoms with Crippen molar-refractivity contribution in [2.75, 3.05) is 7.11 Å². The van der Waals surface area contributed by atoms with E-state index < -0.39 is 5.92 Å². The van der Waals surface area contributed by atoms with Crippen LogP contribution in [0.3, 0.4) is 0 Å².